The van der Waals surface area contributed by atoms with Gasteiger partial charge < -0.3 is 5.11 Å². The fraction of sp³-hybridized carbons (Fsp3) is 0.833. The van der Waals surface area contributed by atoms with Crippen LogP contribution in [0.1, 0.15) is 84.0 Å². The van der Waals surface area contributed by atoms with E-state index in [9.17, 15) is 9.90 Å². The van der Waals surface area contributed by atoms with Crippen molar-refractivity contribution in [1.82, 2.24) is 0 Å². The average Bonchev–Trinajstić information content (AvgIpc) is 2.46. The molecule has 2 nitrogen and oxygen atoms in total. The lowest BCUT2D eigenvalue weighted by Crippen LogP contribution is -2.25. The van der Waals surface area contributed by atoms with Gasteiger partial charge >= 0.3 is 5.97 Å². The van der Waals surface area contributed by atoms with E-state index in [4.69, 9.17) is 0 Å². The second-order valence-corrected chi connectivity index (χ2v) is 6.24. The molecule has 0 aromatic carbocycles. The molecular weight excluding hydrogens is 248 g/mol. The summed E-state index contributed by atoms with van der Waals surface area (Å²) in [7, 11) is 0. The van der Waals surface area contributed by atoms with Crippen molar-refractivity contribution in [3.63, 3.8) is 0 Å². The van der Waals surface area contributed by atoms with E-state index in [1.807, 2.05) is 0 Å². The van der Waals surface area contributed by atoms with Gasteiger partial charge in [0.2, 0.25) is 0 Å². The predicted octanol–water partition coefficient (Wildman–Crippen LogP) is 5.57. The highest BCUT2D eigenvalue weighted by atomic mass is 16.4. The topological polar surface area (TPSA) is 37.3 Å². The molecule has 116 valence electrons. The Labute approximate surface area is 124 Å². The van der Waals surface area contributed by atoms with Gasteiger partial charge in [0.15, 0.2) is 0 Å². The van der Waals surface area contributed by atoms with Gasteiger partial charge in [-0.3, -0.25) is 4.79 Å². The van der Waals surface area contributed by atoms with Crippen LogP contribution in [0.2, 0.25) is 0 Å². The predicted molar refractivity (Wildman–Crippen MR) is 84.8 cm³/mol. The van der Waals surface area contributed by atoms with Crippen LogP contribution in [0.15, 0.2) is 12.2 Å². The minimum Gasteiger partial charge on any atom is -0.481 e. The molecular formula is C18H32O2. The van der Waals surface area contributed by atoms with Gasteiger partial charge in [-0.1, -0.05) is 57.6 Å². The average molecular weight is 280 g/mol. The summed E-state index contributed by atoms with van der Waals surface area (Å²) in [5.41, 5.74) is 0. The van der Waals surface area contributed by atoms with Crippen LogP contribution in [-0.2, 0) is 4.79 Å². The molecule has 0 bridgehead atoms. The zero-order valence-corrected chi connectivity index (χ0v) is 13.2. The highest BCUT2D eigenvalue weighted by Gasteiger charge is 2.28. The third-order valence-corrected chi connectivity index (χ3v) is 4.57. The molecule has 1 fully saturated rings. The molecule has 1 aliphatic carbocycles. The van der Waals surface area contributed by atoms with Crippen LogP contribution in [0.5, 0.6) is 0 Å². The normalized spacial score (nSPS) is 18.4. The Hall–Kier alpha value is -0.790. The van der Waals surface area contributed by atoms with Gasteiger partial charge in [0, 0.05) is 0 Å². The molecule has 1 N–H and O–H groups in total. The van der Waals surface area contributed by atoms with Crippen molar-refractivity contribution in [3.05, 3.63) is 12.2 Å². The van der Waals surface area contributed by atoms with Crippen LogP contribution in [-0.4, -0.2) is 11.1 Å². The SMILES string of the molecule is CCCCCCC=CCCC(C(=O)O)C1CCCCC1. The largest absolute Gasteiger partial charge is 0.481 e. The molecule has 0 aromatic rings. The fourth-order valence-corrected chi connectivity index (χ4v) is 3.30. The minimum absolute atomic E-state index is 0.111. The van der Waals surface area contributed by atoms with Gasteiger partial charge in [-0.25, -0.2) is 0 Å². The molecule has 0 aliphatic heterocycles. The van der Waals surface area contributed by atoms with Gasteiger partial charge in [-0.15, -0.1) is 0 Å². The highest BCUT2D eigenvalue weighted by Crippen LogP contribution is 2.32. The van der Waals surface area contributed by atoms with Gasteiger partial charge in [-0.05, 0) is 44.4 Å². The van der Waals surface area contributed by atoms with E-state index in [0.29, 0.717) is 5.92 Å². The maximum Gasteiger partial charge on any atom is 0.306 e. The first-order chi connectivity index (χ1) is 9.75. The van der Waals surface area contributed by atoms with E-state index in [1.54, 1.807) is 0 Å². The molecule has 20 heavy (non-hydrogen) atoms. The van der Waals surface area contributed by atoms with Crippen molar-refractivity contribution in [1.29, 1.82) is 0 Å². The third kappa shape index (κ3) is 7.12. The highest BCUT2D eigenvalue weighted by molar-refractivity contribution is 5.70. The molecule has 2 heteroatoms. The lowest BCUT2D eigenvalue weighted by Gasteiger charge is -2.27. The molecule has 1 rings (SSSR count). The molecule has 0 heterocycles. The molecule has 1 atom stereocenters. The van der Waals surface area contributed by atoms with E-state index in [2.05, 4.69) is 19.1 Å². The number of carbonyl (C=O) groups is 1. The summed E-state index contributed by atoms with van der Waals surface area (Å²) in [5, 5.41) is 9.40. The summed E-state index contributed by atoms with van der Waals surface area (Å²) in [6, 6.07) is 0. The Morgan fingerprint density at radius 1 is 1.10 bits per heavy atom. The summed E-state index contributed by atoms with van der Waals surface area (Å²) < 4.78 is 0. The third-order valence-electron chi connectivity index (χ3n) is 4.57. The van der Waals surface area contributed by atoms with Gasteiger partial charge in [-0.2, -0.15) is 0 Å². The molecule has 1 aliphatic rings. The molecule has 1 unspecified atom stereocenters. The number of rotatable bonds is 10. The summed E-state index contributed by atoms with van der Waals surface area (Å²) >= 11 is 0. The lowest BCUT2D eigenvalue weighted by molar-refractivity contribution is -0.144. The first-order valence-corrected chi connectivity index (χ1v) is 8.63. The first-order valence-electron chi connectivity index (χ1n) is 8.63. The molecule has 0 spiro atoms. The maximum absolute atomic E-state index is 11.4. The Kier molecular flexibility index (Phi) is 9.44. The standard InChI is InChI=1S/C18H32O2/c1-2-3-4-5-6-7-8-12-15-17(18(19)20)16-13-10-9-11-14-16/h7-8,16-17H,2-6,9-15H2,1H3,(H,19,20). The van der Waals surface area contributed by atoms with Crippen LogP contribution in [0.25, 0.3) is 0 Å². The zero-order chi connectivity index (χ0) is 14.6. The van der Waals surface area contributed by atoms with E-state index < -0.39 is 5.97 Å². The van der Waals surface area contributed by atoms with Crippen LogP contribution >= 0.6 is 0 Å². The van der Waals surface area contributed by atoms with Crippen LogP contribution in [0.3, 0.4) is 0 Å². The lowest BCUT2D eigenvalue weighted by atomic mass is 9.78. The molecule has 0 radical (unpaired) electrons. The number of allylic oxidation sites excluding steroid dienone is 2. The van der Waals surface area contributed by atoms with E-state index in [0.717, 1.165) is 32.1 Å². The smallest absolute Gasteiger partial charge is 0.306 e. The number of carboxylic acid groups (broad SMARTS) is 1. The van der Waals surface area contributed by atoms with Gasteiger partial charge in [0.05, 0.1) is 5.92 Å². The van der Waals surface area contributed by atoms with Crippen LogP contribution in [0, 0.1) is 11.8 Å². The second-order valence-electron chi connectivity index (χ2n) is 6.24. The van der Waals surface area contributed by atoms with Gasteiger partial charge in [0.25, 0.3) is 0 Å². The number of aliphatic carboxylic acids is 1. The van der Waals surface area contributed by atoms with Crippen molar-refractivity contribution < 1.29 is 9.90 Å². The summed E-state index contributed by atoms with van der Waals surface area (Å²) in [6.45, 7) is 2.23. The van der Waals surface area contributed by atoms with Crippen molar-refractivity contribution in [2.75, 3.05) is 0 Å². The zero-order valence-electron chi connectivity index (χ0n) is 13.2. The Bertz CT molecular complexity index is 277. The maximum atomic E-state index is 11.4. The number of unbranched alkanes of at least 4 members (excludes halogenated alkanes) is 4. The van der Waals surface area contributed by atoms with Crippen molar-refractivity contribution in [2.24, 2.45) is 11.8 Å². The van der Waals surface area contributed by atoms with Gasteiger partial charge in [0.1, 0.15) is 0 Å². The van der Waals surface area contributed by atoms with E-state index in [-0.39, 0.29) is 5.92 Å². The Morgan fingerprint density at radius 3 is 2.45 bits per heavy atom. The number of carboxylic acids is 1. The van der Waals surface area contributed by atoms with Crippen molar-refractivity contribution >= 4 is 5.97 Å². The number of hydrogen-bond acceptors (Lipinski definition) is 1. The van der Waals surface area contributed by atoms with Crippen LogP contribution < -0.4 is 0 Å². The fourth-order valence-electron chi connectivity index (χ4n) is 3.30. The molecule has 0 saturated heterocycles. The summed E-state index contributed by atoms with van der Waals surface area (Å²) in [4.78, 5) is 11.4. The minimum atomic E-state index is -0.576. The van der Waals surface area contributed by atoms with Crippen molar-refractivity contribution in [3.8, 4) is 0 Å². The summed E-state index contributed by atoms with van der Waals surface area (Å²) in [5.74, 6) is -0.257. The number of hydrogen-bond donors (Lipinski definition) is 1. The first kappa shape index (κ1) is 17.3. The van der Waals surface area contributed by atoms with E-state index >= 15 is 0 Å². The van der Waals surface area contributed by atoms with Crippen LogP contribution in [0.4, 0.5) is 0 Å². The van der Waals surface area contributed by atoms with Crippen molar-refractivity contribution in [2.45, 2.75) is 84.0 Å². The monoisotopic (exact) mass is 280 g/mol. The van der Waals surface area contributed by atoms with E-state index in [1.165, 1.54) is 44.9 Å². The Balaban J connectivity index is 2.18. The molecule has 1 saturated carbocycles. The Morgan fingerprint density at radius 2 is 1.80 bits per heavy atom. The quantitative estimate of drug-likeness (QED) is 0.419. The molecule has 0 amide bonds. The second kappa shape index (κ2) is 10.9. The summed E-state index contributed by atoms with van der Waals surface area (Å²) in [6.07, 6.45) is 18.5. The molecule has 0 aromatic heterocycles.